The van der Waals surface area contributed by atoms with E-state index in [1.165, 1.54) is 0 Å². The van der Waals surface area contributed by atoms with Gasteiger partial charge in [0, 0.05) is 29.1 Å². The molecular formula is C16H14N4O2. The van der Waals surface area contributed by atoms with E-state index >= 15 is 0 Å². The molecule has 1 unspecified atom stereocenters. The van der Waals surface area contributed by atoms with Crippen LogP contribution in [0, 0.1) is 0 Å². The van der Waals surface area contributed by atoms with E-state index in [4.69, 9.17) is 5.73 Å². The Morgan fingerprint density at radius 3 is 2.91 bits per heavy atom. The highest BCUT2D eigenvalue weighted by atomic mass is 16.2. The molecule has 4 rings (SSSR count). The minimum Gasteiger partial charge on any atom is -0.399 e. The van der Waals surface area contributed by atoms with Crippen LogP contribution in [0.4, 0.5) is 5.69 Å². The molecule has 110 valence electrons. The topological polar surface area (TPSA) is 90.0 Å². The fourth-order valence-corrected chi connectivity index (χ4v) is 3.13. The van der Waals surface area contributed by atoms with E-state index in [2.05, 4.69) is 10.3 Å². The lowest BCUT2D eigenvalue weighted by Gasteiger charge is -2.23. The Bertz CT molecular complexity index is 928. The van der Waals surface area contributed by atoms with Crippen LogP contribution in [0.25, 0.3) is 21.9 Å². The summed E-state index contributed by atoms with van der Waals surface area (Å²) in [6, 6.07) is 9.02. The summed E-state index contributed by atoms with van der Waals surface area (Å²) in [7, 11) is 0. The predicted molar refractivity (Wildman–Crippen MR) is 83.1 cm³/mol. The molecule has 0 spiro atoms. The Hall–Kier alpha value is -2.89. The van der Waals surface area contributed by atoms with Gasteiger partial charge in [0.05, 0.1) is 5.52 Å². The van der Waals surface area contributed by atoms with Crippen molar-refractivity contribution < 1.29 is 9.59 Å². The minimum absolute atomic E-state index is 0.227. The van der Waals surface area contributed by atoms with Crippen LogP contribution in [-0.4, -0.2) is 21.4 Å². The van der Waals surface area contributed by atoms with Gasteiger partial charge in [0.15, 0.2) is 0 Å². The maximum Gasteiger partial charge on any atom is 0.249 e. The summed E-state index contributed by atoms with van der Waals surface area (Å²) in [6.07, 6.45) is 2.49. The lowest BCUT2D eigenvalue weighted by atomic mass is 10.1. The van der Waals surface area contributed by atoms with E-state index in [0.717, 1.165) is 21.9 Å². The third kappa shape index (κ3) is 1.77. The Morgan fingerprint density at radius 1 is 1.23 bits per heavy atom. The molecule has 2 aromatic heterocycles. The zero-order chi connectivity index (χ0) is 15.3. The van der Waals surface area contributed by atoms with Crippen molar-refractivity contribution in [2.45, 2.75) is 18.9 Å². The Kier molecular flexibility index (Phi) is 2.66. The van der Waals surface area contributed by atoms with Crippen molar-refractivity contribution in [2.24, 2.45) is 0 Å². The summed E-state index contributed by atoms with van der Waals surface area (Å²) in [5.74, 6) is -0.516. The third-order valence-corrected chi connectivity index (χ3v) is 4.11. The van der Waals surface area contributed by atoms with Crippen LogP contribution in [0.2, 0.25) is 0 Å². The molecule has 0 saturated carbocycles. The summed E-state index contributed by atoms with van der Waals surface area (Å²) in [5.41, 5.74) is 8.14. The zero-order valence-electron chi connectivity index (χ0n) is 11.7. The lowest BCUT2D eigenvalue weighted by Crippen LogP contribution is -2.41. The molecule has 1 fully saturated rings. The molecule has 3 heterocycles. The molecule has 1 saturated heterocycles. The molecule has 22 heavy (non-hydrogen) atoms. The van der Waals surface area contributed by atoms with Gasteiger partial charge in [-0.15, -0.1) is 0 Å². The van der Waals surface area contributed by atoms with Gasteiger partial charge in [0.25, 0.3) is 0 Å². The SMILES string of the molecule is Nc1ccc2c3cccnc3n(C3CCC(=O)NC3=O)c2c1. The van der Waals surface area contributed by atoms with Crippen LogP contribution in [-0.2, 0) is 9.59 Å². The van der Waals surface area contributed by atoms with Gasteiger partial charge in [-0.05, 0) is 30.7 Å². The van der Waals surface area contributed by atoms with Gasteiger partial charge in [-0.3, -0.25) is 14.9 Å². The predicted octanol–water partition coefficient (Wildman–Crippen LogP) is 1.75. The standard InChI is InChI=1S/C16H14N4O2/c17-9-3-4-10-11-2-1-7-18-15(11)20(13(10)8-9)12-5-6-14(21)19-16(12)22/h1-4,7-8,12H,5-6,17H2,(H,19,21,22). The zero-order valence-corrected chi connectivity index (χ0v) is 11.7. The number of nitrogens with zero attached hydrogens (tertiary/aromatic N) is 2. The second-order valence-electron chi connectivity index (χ2n) is 5.49. The van der Waals surface area contributed by atoms with Crippen molar-refractivity contribution in [3.05, 3.63) is 36.5 Å². The van der Waals surface area contributed by atoms with E-state index in [1.54, 1.807) is 6.20 Å². The van der Waals surface area contributed by atoms with Crippen LogP contribution in [0.1, 0.15) is 18.9 Å². The number of nitrogen functional groups attached to an aromatic ring is 1. The second kappa shape index (κ2) is 4.56. The number of carbonyl (C=O) groups excluding carboxylic acids is 2. The number of benzene rings is 1. The molecule has 6 heteroatoms. The molecule has 1 atom stereocenters. The number of pyridine rings is 1. The van der Waals surface area contributed by atoms with Crippen molar-refractivity contribution in [1.82, 2.24) is 14.9 Å². The van der Waals surface area contributed by atoms with E-state index in [9.17, 15) is 9.59 Å². The summed E-state index contributed by atoms with van der Waals surface area (Å²) < 4.78 is 1.89. The number of amides is 2. The number of aromatic nitrogens is 2. The first-order chi connectivity index (χ1) is 10.6. The number of carbonyl (C=O) groups is 2. The Labute approximate surface area is 125 Å². The smallest absolute Gasteiger partial charge is 0.249 e. The average Bonchev–Trinajstić information content (AvgIpc) is 2.81. The quantitative estimate of drug-likeness (QED) is 0.528. The number of nitrogens with one attached hydrogen (secondary N) is 1. The van der Waals surface area contributed by atoms with Gasteiger partial charge in [-0.2, -0.15) is 0 Å². The molecule has 0 aliphatic carbocycles. The maximum atomic E-state index is 12.3. The second-order valence-corrected chi connectivity index (χ2v) is 5.49. The van der Waals surface area contributed by atoms with Crippen molar-refractivity contribution in [2.75, 3.05) is 5.73 Å². The largest absolute Gasteiger partial charge is 0.399 e. The molecule has 1 aromatic carbocycles. The molecule has 3 N–H and O–H groups in total. The first kappa shape index (κ1) is 12.8. The molecule has 3 aromatic rings. The number of hydrogen-bond donors (Lipinski definition) is 2. The highest BCUT2D eigenvalue weighted by Crippen LogP contribution is 2.34. The van der Waals surface area contributed by atoms with Gasteiger partial charge in [0.1, 0.15) is 11.7 Å². The molecular weight excluding hydrogens is 280 g/mol. The van der Waals surface area contributed by atoms with Crippen molar-refractivity contribution in [1.29, 1.82) is 0 Å². The van der Waals surface area contributed by atoms with Gasteiger partial charge in [-0.25, -0.2) is 4.98 Å². The van der Waals surface area contributed by atoms with E-state index in [1.807, 2.05) is 34.9 Å². The molecule has 0 radical (unpaired) electrons. The molecule has 6 nitrogen and oxygen atoms in total. The van der Waals surface area contributed by atoms with Crippen molar-refractivity contribution in [3.8, 4) is 0 Å². The van der Waals surface area contributed by atoms with Crippen LogP contribution >= 0.6 is 0 Å². The molecule has 1 aliphatic rings. The number of imide groups is 1. The number of rotatable bonds is 1. The summed E-state index contributed by atoms with van der Waals surface area (Å²) >= 11 is 0. The molecule has 2 amide bonds. The highest BCUT2D eigenvalue weighted by molar-refractivity contribution is 6.09. The normalized spacial score (nSPS) is 18.8. The van der Waals surface area contributed by atoms with Gasteiger partial charge < -0.3 is 10.3 Å². The summed E-state index contributed by atoms with van der Waals surface area (Å²) in [4.78, 5) is 28.1. The first-order valence-electron chi connectivity index (χ1n) is 7.13. The van der Waals surface area contributed by atoms with E-state index < -0.39 is 6.04 Å². The van der Waals surface area contributed by atoms with Crippen molar-refractivity contribution >= 4 is 39.4 Å². The molecule has 0 bridgehead atoms. The number of piperidine rings is 1. The van der Waals surface area contributed by atoms with Crippen LogP contribution < -0.4 is 11.1 Å². The minimum atomic E-state index is -0.450. The number of anilines is 1. The van der Waals surface area contributed by atoms with Crippen LogP contribution in [0.15, 0.2) is 36.5 Å². The third-order valence-electron chi connectivity index (χ3n) is 4.11. The number of nitrogens with two attached hydrogens (primary N) is 1. The monoisotopic (exact) mass is 294 g/mol. The maximum absolute atomic E-state index is 12.3. The van der Waals surface area contributed by atoms with Crippen LogP contribution in [0.5, 0.6) is 0 Å². The molecule has 1 aliphatic heterocycles. The highest BCUT2D eigenvalue weighted by Gasteiger charge is 2.30. The number of hydrogen-bond acceptors (Lipinski definition) is 4. The fraction of sp³-hybridized carbons (Fsp3) is 0.188. The van der Waals surface area contributed by atoms with Crippen molar-refractivity contribution in [3.63, 3.8) is 0 Å². The Balaban J connectivity index is 2.04. The van der Waals surface area contributed by atoms with Gasteiger partial charge in [-0.1, -0.05) is 6.07 Å². The number of fused-ring (bicyclic) bond motifs is 3. The lowest BCUT2D eigenvalue weighted by molar-refractivity contribution is -0.135. The Morgan fingerprint density at radius 2 is 2.09 bits per heavy atom. The van der Waals surface area contributed by atoms with Gasteiger partial charge in [0.2, 0.25) is 11.8 Å². The first-order valence-corrected chi connectivity index (χ1v) is 7.13. The van der Waals surface area contributed by atoms with Gasteiger partial charge >= 0.3 is 0 Å². The average molecular weight is 294 g/mol. The van der Waals surface area contributed by atoms with Crippen LogP contribution in [0.3, 0.4) is 0 Å². The summed E-state index contributed by atoms with van der Waals surface area (Å²) in [6.45, 7) is 0. The summed E-state index contributed by atoms with van der Waals surface area (Å²) in [5, 5.41) is 4.38. The van der Waals surface area contributed by atoms with E-state index in [-0.39, 0.29) is 11.8 Å². The van der Waals surface area contributed by atoms with E-state index in [0.29, 0.717) is 18.5 Å². The fourth-order valence-electron chi connectivity index (χ4n) is 3.13.